The van der Waals surface area contributed by atoms with E-state index >= 15 is 0 Å². The van der Waals surface area contributed by atoms with E-state index in [0.29, 0.717) is 24.6 Å². The van der Waals surface area contributed by atoms with Crippen molar-refractivity contribution in [2.24, 2.45) is 4.99 Å². The van der Waals surface area contributed by atoms with Gasteiger partial charge in [0.25, 0.3) is 0 Å². The van der Waals surface area contributed by atoms with Crippen molar-refractivity contribution in [2.75, 3.05) is 6.54 Å². The summed E-state index contributed by atoms with van der Waals surface area (Å²) in [6.45, 7) is 8.67. The molecule has 0 aliphatic carbocycles. The van der Waals surface area contributed by atoms with E-state index in [4.69, 9.17) is 0 Å². The van der Waals surface area contributed by atoms with Gasteiger partial charge in [-0.15, -0.1) is 0 Å². The van der Waals surface area contributed by atoms with Crippen molar-refractivity contribution < 1.29 is 12.8 Å². The van der Waals surface area contributed by atoms with Crippen LogP contribution in [0, 0.1) is 5.82 Å². The topological polar surface area (TPSA) is 82.6 Å². The molecule has 0 aliphatic rings. The van der Waals surface area contributed by atoms with E-state index in [1.54, 1.807) is 57.2 Å². The number of nitrogens with one attached hydrogen (secondary N) is 3. The van der Waals surface area contributed by atoms with E-state index in [1.165, 1.54) is 12.1 Å². The average Bonchev–Trinajstić information content (AvgIpc) is 2.63. The van der Waals surface area contributed by atoms with Gasteiger partial charge in [-0.25, -0.2) is 22.5 Å². The number of hydrogen-bond donors (Lipinski definition) is 3. The van der Waals surface area contributed by atoms with Crippen LogP contribution in [0.15, 0.2) is 58.4 Å². The number of rotatable bonds is 7. The van der Waals surface area contributed by atoms with Crippen LogP contribution in [0.2, 0.25) is 0 Å². The highest BCUT2D eigenvalue weighted by Gasteiger charge is 2.24. The van der Waals surface area contributed by atoms with Crippen LogP contribution in [0.3, 0.4) is 0 Å². The molecule has 0 saturated carbocycles. The SMILES string of the molecule is CCNC(=NCc1ccc(F)cc1)NCc1ccccc1S(=O)(=O)NC(C)(C)C. The Kier molecular flexibility index (Phi) is 7.75. The summed E-state index contributed by atoms with van der Waals surface area (Å²) in [5, 5.41) is 6.30. The summed E-state index contributed by atoms with van der Waals surface area (Å²) in [6.07, 6.45) is 0. The van der Waals surface area contributed by atoms with Gasteiger partial charge >= 0.3 is 0 Å². The highest BCUT2D eigenvalue weighted by Crippen LogP contribution is 2.17. The van der Waals surface area contributed by atoms with E-state index in [2.05, 4.69) is 20.3 Å². The molecule has 0 fully saturated rings. The van der Waals surface area contributed by atoms with Crippen molar-refractivity contribution >= 4 is 16.0 Å². The van der Waals surface area contributed by atoms with Gasteiger partial charge in [-0.1, -0.05) is 30.3 Å². The first-order valence-corrected chi connectivity index (χ1v) is 11.0. The largest absolute Gasteiger partial charge is 0.357 e. The number of nitrogens with zero attached hydrogens (tertiary/aromatic N) is 1. The minimum Gasteiger partial charge on any atom is -0.357 e. The zero-order valence-corrected chi connectivity index (χ0v) is 18.1. The molecular formula is C21H29FN4O2S. The number of hydrogen-bond acceptors (Lipinski definition) is 3. The number of aliphatic imine (C=N–C) groups is 1. The standard InChI is InChI=1S/C21H29FN4O2S/c1-5-23-20(24-14-16-10-12-18(22)13-11-16)25-15-17-8-6-7-9-19(17)29(27,28)26-21(2,3)4/h6-13,26H,5,14-15H2,1-4H3,(H2,23,24,25). The minimum atomic E-state index is -3.65. The van der Waals surface area contributed by atoms with Gasteiger partial charge in [0.05, 0.1) is 11.4 Å². The van der Waals surface area contributed by atoms with Crippen molar-refractivity contribution in [2.45, 2.75) is 51.2 Å². The smallest absolute Gasteiger partial charge is 0.241 e. The molecule has 0 atom stereocenters. The molecular weight excluding hydrogens is 391 g/mol. The highest BCUT2D eigenvalue weighted by molar-refractivity contribution is 7.89. The van der Waals surface area contributed by atoms with E-state index < -0.39 is 15.6 Å². The third-order valence-electron chi connectivity index (χ3n) is 3.83. The van der Waals surface area contributed by atoms with Gasteiger partial charge in [0, 0.05) is 18.6 Å². The maximum Gasteiger partial charge on any atom is 0.241 e. The second-order valence-electron chi connectivity index (χ2n) is 7.64. The lowest BCUT2D eigenvalue weighted by atomic mass is 10.1. The third-order valence-corrected chi connectivity index (χ3v) is 5.68. The predicted molar refractivity (Wildman–Crippen MR) is 115 cm³/mol. The molecule has 0 unspecified atom stereocenters. The number of guanidine groups is 1. The Morgan fingerprint density at radius 1 is 1.03 bits per heavy atom. The molecule has 0 radical (unpaired) electrons. The summed E-state index contributed by atoms with van der Waals surface area (Å²) in [4.78, 5) is 4.72. The Labute approximate surface area is 172 Å². The molecule has 6 nitrogen and oxygen atoms in total. The van der Waals surface area contributed by atoms with Crippen LogP contribution in [-0.2, 0) is 23.1 Å². The van der Waals surface area contributed by atoms with Gasteiger partial charge < -0.3 is 10.6 Å². The van der Waals surface area contributed by atoms with Gasteiger partial charge in [0.2, 0.25) is 10.0 Å². The van der Waals surface area contributed by atoms with E-state index in [9.17, 15) is 12.8 Å². The van der Waals surface area contributed by atoms with E-state index in [1.807, 2.05) is 6.92 Å². The van der Waals surface area contributed by atoms with Crippen molar-refractivity contribution in [3.8, 4) is 0 Å². The quantitative estimate of drug-likeness (QED) is 0.475. The molecule has 2 rings (SSSR count). The Balaban J connectivity index is 2.15. The molecule has 158 valence electrons. The molecule has 0 saturated heterocycles. The van der Waals surface area contributed by atoms with Crippen molar-refractivity contribution in [3.63, 3.8) is 0 Å². The first-order valence-electron chi connectivity index (χ1n) is 9.49. The molecule has 0 aliphatic heterocycles. The lowest BCUT2D eigenvalue weighted by Crippen LogP contribution is -2.41. The zero-order valence-electron chi connectivity index (χ0n) is 17.3. The Morgan fingerprint density at radius 2 is 1.69 bits per heavy atom. The third kappa shape index (κ3) is 7.47. The Bertz CT molecular complexity index is 936. The van der Waals surface area contributed by atoms with Gasteiger partial charge in [-0.2, -0.15) is 0 Å². The predicted octanol–water partition coefficient (Wildman–Crippen LogP) is 3.16. The average molecular weight is 421 g/mol. The van der Waals surface area contributed by atoms with E-state index in [0.717, 1.165) is 5.56 Å². The van der Waals surface area contributed by atoms with Crippen LogP contribution < -0.4 is 15.4 Å². The zero-order chi connectivity index (χ0) is 21.5. The molecule has 0 amide bonds. The Hall–Kier alpha value is -2.45. The van der Waals surface area contributed by atoms with Gasteiger partial charge in [0.1, 0.15) is 5.82 Å². The van der Waals surface area contributed by atoms with Gasteiger partial charge in [-0.3, -0.25) is 0 Å². The van der Waals surface area contributed by atoms with Gasteiger partial charge in [-0.05, 0) is 57.0 Å². The molecule has 0 aromatic heterocycles. The summed E-state index contributed by atoms with van der Waals surface area (Å²) in [5.41, 5.74) is 0.933. The number of sulfonamides is 1. The summed E-state index contributed by atoms with van der Waals surface area (Å²) < 4.78 is 41.2. The summed E-state index contributed by atoms with van der Waals surface area (Å²) in [7, 11) is -3.65. The molecule has 0 bridgehead atoms. The highest BCUT2D eigenvalue weighted by atomic mass is 32.2. The van der Waals surface area contributed by atoms with Crippen LogP contribution in [0.5, 0.6) is 0 Å². The fraction of sp³-hybridized carbons (Fsp3) is 0.381. The maximum atomic E-state index is 13.0. The van der Waals surface area contributed by atoms with Crippen LogP contribution >= 0.6 is 0 Å². The van der Waals surface area contributed by atoms with Crippen molar-refractivity contribution in [3.05, 3.63) is 65.5 Å². The molecule has 0 spiro atoms. The van der Waals surface area contributed by atoms with Crippen molar-refractivity contribution in [1.29, 1.82) is 0 Å². The van der Waals surface area contributed by atoms with Crippen molar-refractivity contribution in [1.82, 2.24) is 15.4 Å². The molecule has 3 N–H and O–H groups in total. The lowest BCUT2D eigenvalue weighted by Gasteiger charge is -2.22. The summed E-state index contributed by atoms with van der Waals surface area (Å²) in [5.74, 6) is 0.261. The van der Waals surface area contributed by atoms with Gasteiger partial charge in [0.15, 0.2) is 5.96 Å². The number of benzene rings is 2. The normalized spacial score (nSPS) is 12.7. The second kappa shape index (κ2) is 9.84. The molecule has 2 aromatic rings. The molecule has 8 heteroatoms. The lowest BCUT2D eigenvalue weighted by molar-refractivity contribution is 0.491. The van der Waals surface area contributed by atoms with Crippen LogP contribution in [0.4, 0.5) is 4.39 Å². The maximum absolute atomic E-state index is 13.0. The van der Waals surface area contributed by atoms with E-state index in [-0.39, 0.29) is 17.3 Å². The molecule has 2 aromatic carbocycles. The second-order valence-corrected chi connectivity index (χ2v) is 9.29. The Morgan fingerprint density at radius 3 is 2.31 bits per heavy atom. The monoisotopic (exact) mass is 420 g/mol. The fourth-order valence-electron chi connectivity index (χ4n) is 2.65. The fourth-order valence-corrected chi connectivity index (χ4v) is 4.31. The first-order chi connectivity index (χ1) is 13.6. The molecule has 29 heavy (non-hydrogen) atoms. The molecule has 0 heterocycles. The van der Waals surface area contributed by atoms with Crippen LogP contribution in [-0.4, -0.2) is 26.5 Å². The van der Waals surface area contributed by atoms with Crippen LogP contribution in [0.1, 0.15) is 38.8 Å². The number of halogens is 1. The first kappa shape index (κ1) is 22.8. The minimum absolute atomic E-state index is 0.233. The summed E-state index contributed by atoms with van der Waals surface area (Å²) >= 11 is 0. The van der Waals surface area contributed by atoms with Crippen LogP contribution in [0.25, 0.3) is 0 Å². The summed E-state index contributed by atoms with van der Waals surface area (Å²) in [6, 6.07) is 13.0.